The Balaban J connectivity index is 1.54. The zero-order valence-corrected chi connectivity index (χ0v) is 15.2. The first-order valence-corrected chi connectivity index (χ1v) is 9.83. The molecule has 0 spiro atoms. The van der Waals surface area contributed by atoms with Crippen molar-refractivity contribution in [2.45, 2.75) is 37.8 Å². The van der Waals surface area contributed by atoms with E-state index in [4.69, 9.17) is 0 Å². The normalized spacial score (nSPS) is 16.7. The van der Waals surface area contributed by atoms with Crippen LogP contribution in [0, 0.1) is 0 Å². The third-order valence-electron chi connectivity index (χ3n) is 4.95. The van der Waals surface area contributed by atoms with Crippen molar-refractivity contribution in [3.8, 4) is 0 Å². The maximum atomic E-state index is 12.2. The SMILES string of the molecule is C[C@H]([NH2+]C[C@H](c1cccs1)c1c[nH]c2ccccc12)C(=O)NC1CC1. The van der Waals surface area contributed by atoms with E-state index in [1.165, 1.54) is 21.3 Å². The quantitative estimate of drug-likeness (QED) is 0.600. The molecular formula is C20H24N3OS+. The number of fused-ring (bicyclic) bond motifs is 1. The first-order chi connectivity index (χ1) is 12.2. The lowest BCUT2D eigenvalue weighted by molar-refractivity contribution is -0.674. The molecular weight excluding hydrogens is 330 g/mol. The Morgan fingerprint density at radius 1 is 1.32 bits per heavy atom. The van der Waals surface area contributed by atoms with Crippen LogP contribution in [0.25, 0.3) is 10.9 Å². The summed E-state index contributed by atoms with van der Waals surface area (Å²) in [5.41, 5.74) is 2.47. The van der Waals surface area contributed by atoms with E-state index >= 15 is 0 Å². The Labute approximate surface area is 151 Å². The summed E-state index contributed by atoms with van der Waals surface area (Å²) in [6.45, 7) is 2.86. The minimum absolute atomic E-state index is 0.0618. The van der Waals surface area contributed by atoms with Crippen molar-refractivity contribution >= 4 is 28.1 Å². The van der Waals surface area contributed by atoms with Gasteiger partial charge in [-0.1, -0.05) is 24.3 Å². The number of para-hydroxylation sites is 1. The number of hydrogen-bond acceptors (Lipinski definition) is 2. The van der Waals surface area contributed by atoms with E-state index in [0.29, 0.717) is 6.04 Å². The molecule has 2 aromatic heterocycles. The number of thiophene rings is 1. The minimum Gasteiger partial charge on any atom is -0.361 e. The Hall–Kier alpha value is -2.11. The van der Waals surface area contributed by atoms with E-state index in [1.807, 2.05) is 6.92 Å². The molecule has 5 heteroatoms. The third-order valence-corrected chi connectivity index (χ3v) is 5.93. The number of carbonyl (C=O) groups is 1. The molecule has 0 aliphatic heterocycles. The molecule has 4 N–H and O–H groups in total. The molecule has 1 saturated carbocycles. The molecule has 130 valence electrons. The van der Waals surface area contributed by atoms with Gasteiger partial charge in [-0.2, -0.15) is 0 Å². The first-order valence-electron chi connectivity index (χ1n) is 8.95. The van der Waals surface area contributed by atoms with Crippen LogP contribution in [0.4, 0.5) is 0 Å². The van der Waals surface area contributed by atoms with Crippen LogP contribution in [-0.2, 0) is 4.79 Å². The van der Waals surface area contributed by atoms with Gasteiger partial charge in [0, 0.05) is 28.0 Å². The van der Waals surface area contributed by atoms with Gasteiger partial charge in [0.2, 0.25) is 0 Å². The number of aromatic amines is 1. The molecule has 1 aliphatic carbocycles. The van der Waals surface area contributed by atoms with Gasteiger partial charge >= 0.3 is 0 Å². The largest absolute Gasteiger partial charge is 0.361 e. The van der Waals surface area contributed by atoms with Crippen molar-refractivity contribution in [2.24, 2.45) is 0 Å². The standard InChI is InChI=1S/C20H23N3OS/c1-13(20(24)23-14-8-9-14)21-12-17(19-7-4-10-25-19)16-11-22-18-6-3-2-5-15(16)18/h2-7,10-11,13-14,17,21-22H,8-9,12H2,1H3,(H,23,24)/p+1/t13-,17-/m0/s1. The fourth-order valence-electron chi connectivity index (χ4n) is 3.28. The highest BCUT2D eigenvalue weighted by atomic mass is 32.1. The summed E-state index contributed by atoms with van der Waals surface area (Å²) in [6, 6.07) is 13.1. The van der Waals surface area contributed by atoms with Crippen molar-refractivity contribution in [3.05, 3.63) is 58.4 Å². The van der Waals surface area contributed by atoms with Crippen LogP contribution in [0.15, 0.2) is 48.0 Å². The summed E-state index contributed by atoms with van der Waals surface area (Å²) in [5, 5.41) is 8.67. The molecule has 3 aromatic rings. The molecule has 0 unspecified atom stereocenters. The van der Waals surface area contributed by atoms with Crippen LogP contribution in [0.5, 0.6) is 0 Å². The van der Waals surface area contributed by atoms with Gasteiger partial charge in [-0.15, -0.1) is 11.3 Å². The van der Waals surface area contributed by atoms with Crippen molar-refractivity contribution in [3.63, 3.8) is 0 Å². The van der Waals surface area contributed by atoms with Gasteiger partial charge in [-0.05, 0) is 42.8 Å². The Morgan fingerprint density at radius 3 is 2.92 bits per heavy atom. The van der Waals surface area contributed by atoms with Gasteiger partial charge < -0.3 is 15.6 Å². The van der Waals surface area contributed by atoms with Gasteiger partial charge in [0.25, 0.3) is 5.91 Å². The van der Waals surface area contributed by atoms with Gasteiger partial charge in [-0.25, -0.2) is 0 Å². The van der Waals surface area contributed by atoms with Crippen LogP contribution >= 0.6 is 11.3 Å². The number of amides is 1. The maximum absolute atomic E-state index is 12.2. The van der Waals surface area contributed by atoms with E-state index in [2.05, 4.69) is 63.6 Å². The highest BCUT2D eigenvalue weighted by molar-refractivity contribution is 7.10. The second-order valence-corrected chi connectivity index (χ2v) is 7.88. The summed E-state index contributed by atoms with van der Waals surface area (Å²) < 4.78 is 0. The highest BCUT2D eigenvalue weighted by Gasteiger charge is 2.28. The van der Waals surface area contributed by atoms with Crippen LogP contribution in [-0.4, -0.2) is 29.5 Å². The van der Waals surface area contributed by atoms with Gasteiger partial charge in [-0.3, -0.25) is 4.79 Å². The molecule has 25 heavy (non-hydrogen) atoms. The van der Waals surface area contributed by atoms with Gasteiger partial charge in [0.1, 0.15) is 0 Å². The average molecular weight is 354 g/mol. The van der Waals surface area contributed by atoms with Crippen LogP contribution in [0.3, 0.4) is 0 Å². The maximum Gasteiger partial charge on any atom is 0.278 e. The lowest BCUT2D eigenvalue weighted by Crippen LogP contribution is -2.92. The third kappa shape index (κ3) is 3.62. The number of hydrogen-bond donors (Lipinski definition) is 3. The fraction of sp³-hybridized carbons (Fsp3) is 0.350. The van der Waals surface area contributed by atoms with Gasteiger partial charge in [0.15, 0.2) is 6.04 Å². The van der Waals surface area contributed by atoms with Crippen molar-refractivity contribution in [1.29, 1.82) is 0 Å². The number of nitrogens with two attached hydrogens (primary N) is 1. The minimum atomic E-state index is -0.0618. The van der Waals surface area contributed by atoms with E-state index in [-0.39, 0.29) is 17.9 Å². The molecule has 1 aromatic carbocycles. The molecule has 2 heterocycles. The second-order valence-electron chi connectivity index (χ2n) is 6.90. The molecule has 0 bridgehead atoms. The molecule has 1 amide bonds. The van der Waals surface area contributed by atoms with Crippen molar-refractivity contribution < 1.29 is 10.1 Å². The molecule has 4 rings (SSSR count). The van der Waals surface area contributed by atoms with Crippen molar-refractivity contribution in [1.82, 2.24) is 10.3 Å². The van der Waals surface area contributed by atoms with Gasteiger partial charge in [0.05, 0.1) is 12.5 Å². The summed E-state index contributed by atoms with van der Waals surface area (Å²) in [5.74, 6) is 0.443. The lowest BCUT2D eigenvalue weighted by atomic mass is 9.96. The number of nitrogens with one attached hydrogen (secondary N) is 2. The number of aromatic nitrogens is 1. The second kappa shape index (κ2) is 7.02. The molecule has 2 atom stereocenters. The summed E-state index contributed by atoms with van der Waals surface area (Å²) in [6.07, 6.45) is 4.38. The van der Waals surface area contributed by atoms with Crippen molar-refractivity contribution in [2.75, 3.05) is 6.54 Å². The van der Waals surface area contributed by atoms with E-state index < -0.39 is 0 Å². The number of quaternary nitrogens is 1. The van der Waals surface area contributed by atoms with E-state index in [0.717, 1.165) is 19.4 Å². The van der Waals surface area contributed by atoms with Crippen LogP contribution in [0.2, 0.25) is 0 Å². The fourth-order valence-corrected chi connectivity index (χ4v) is 4.13. The Bertz CT molecular complexity index is 851. The number of benzene rings is 1. The molecule has 0 saturated heterocycles. The zero-order chi connectivity index (χ0) is 17.2. The first kappa shape index (κ1) is 16.4. The molecule has 1 aliphatic rings. The number of carbonyl (C=O) groups excluding carboxylic acids is 1. The number of rotatable bonds is 7. The summed E-state index contributed by atoms with van der Waals surface area (Å²) in [4.78, 5) is 17.0. The molecule has 1 fully saturated rings. The van der Waals surface area contributed by atoms with Crippen LogP contribution in [0.1, 0.15) is 36.1 Å². The summed E-state index contributed by atoms with van der Waals surface area (Å²) in [7, 11) is 0. The average Bonchev–Trinajstić information content (AvgIpc) is 3.12. The van der Waals surface area contributed by atoms with E-state index in [1.54, 1.807) is 11.3 Å². The molecule has 4 nitrogen and oxygen atoms in total. The predicted octanol–water partition coefficient (Wildman–Crippen LogP) is 2.59. The zero-order valence-electron chi connectivity index (χ0n) is 14.4. The van der Waals surface area contributed by atoms with Crippen LogP contribution < -0.4 is 10.6 Å². The molecule has 0 radical (unpaired) electrons. The Morgan fingerprint density at radius 2 is 2.16 bits per heavy atom. The summed E-state index contributed by atoms with van der Waals surface area (Å²) >= 11 is 1.78. The van der Waals surface area contributed by atoms with E-state index in [9.17, 15) is 4.79 Å². The smallest absolute Gasteiger partial charge is 0.278 e. The topological polar surface area (TPSA) is 61.5 Å². The lowest BCUT2D eigenvalue weighted by Gasteiger charge is -2.17. The number of H-pyrrole nitrogens is 1. The monoisotopic (exact) mass is 354 g/mol. The highest BCUT2D eigenvalue weighted by Crippen LogP contribution is 2.32. The Kier molecular flexibility index (Phi) is 4.59. The predicted molar refractivity (Wildman–Crippen MR) is 102 cm³/mol.